The number of hydrogen-bond donors (Lipinski definition) is 1. The van der Waals surface area contributed by atoms with Gasteiger partial charge in [0.1, 0.15) is 19.8 Å². The Morgan fingerprint density at radius 1 is 0.492 bits per heavy atom. The van der Waals surface area contributed by atoms with Gasteiger partial charge in [0, 0.05) is 12.8 Å². The van der Waals surface area contributed by atoms with Crippen LogP contribution in [0.2, 0.25) is 0 Å². The van der Waals surface area contributed by atoms with E-state index in [9.17, 15) is 19.0 Å². The average molecular weight is 883 g/mol. The lowest BCUT2D eigenvalue weighted by molar-refractivity contribution is -0.870. The largest absolute Gasteiger partial charge is 0.472 e. The first-order valence-electron chi connectivity index (χ1n) is 25.2. The smallest absolute Gasteiger partial charge is 0.462 e. The minimum Gasteiger partial charge on any atom is -0.462 e. The number of ether oxygens (including phenoxy) is 2. The highest BCUT2D eigenvalue weighted by Crippen LogP contribution is 2.43. The molecular formula is C51H97NO8P+. The maximum Gasteiger partial charge on any atom is 0.472 e. The number of hydrogen-bond acceptors (Lipinski definition) is 7. The van der Waals surface area contributed by atoms with Crippen LogP contribution in [0.25, 0.3) is 0 Å². The molecule has 0 aromatic carbocycles. The van der Waals surface area contributed by atoms with Crippen LogP contribution in [0, 0.1) is 0 Å². The van der Waals surface area contributed by atoms with E-state index in [0.717, 1.165) is 64.2 Å². The van der Waals surface area contributed by atoms with Crippen molar-refractivity contribution < 1.29 is 42.1 Å². The van der Waals surface area contributed by atoms with Crippen LogP contribution in [-0.2, 0) is 32.7 Å². The van der Waals surface area contributed by atoms with Crippen molar-refractivity contribution >= 4 is 19.8 Å². The highest BCUT2D eigenvalue weighted by Gasteiger charge is 2.27. The first-order valence-corrected chi connectivity index (χ1v) is 26.7. The normalized spacial score (nSPS) is 13.7. The summed E-state index contributed by atoms with van der Waals surface area (Å²) in [4.78, 5) is 35.4. The fraction of sp³-hybridized carbons (Fsp3) is 0.843. The molecule has 1 N–H and O–H groups in total. The SMILES string of the molecule is CCCCCCC/C=C/CCCCCCCC(=O)OC[C@H](COP(=O)(O)OCC[N+](C)(C)C)OC(=O)CCC/C=C/CC/C=C/CCCCCCCCCCCCCCCC. The minimum absolute atomic E-state index is 0.0238. The number of carbonyl (C=O) groups excluding carboxylic acids is 2. The molecule has 0 aliphatic heterocycles. The monoisotopic (exact) mass is 883 g/mol. The number of unbranched alkanes of at least 4 members (excludes halogenated alkanes) is 26. The van der Waals surface area contributed by atoms with E-state index in [0.29, 0.717) is 17.4 Å². The Bertz CT molecular complexity index is 1130. The Labute approximate surface area is 376 Å². The van der Waals surface area contributed by atoms with Crippen molar-refractivity contribution in [2.45, 2.75) is 232 Å². The van der Waals surface area contributed by atoms with Crippen LogP contribution in [0.1, 0.15) is 226 Å². The van der Waals surface area contributed by atoms with Crippen molar-refractivity contribution in [1.29, 1.82) is 0 Å². The van der Waals surface area contributed by atoms with E-state index in [-0.39, 0.29) is 32.0 Å². The first-order chi connectivity index (χ1) is 29.5. The summed E-state index contributed by atoms with van der Waals surface area (Å²) in [5.41, 5.74) is 0. The lowest BCUT2D eigenvalue weighted by Gasteiger charge is -2.24. The number of likely N-dealkylation sites (N-methyl/N-ethyl adjacent to an activating group) is 1. The average Bonchev–Trinajstić information content (AvgIpc) is 3.21. The van der Waals surface area contributed by atoms with Gasteiger partial charge in [-0.05, 0) is 70.6 Å². The molecule has 0 fully saturated rings. The van der Waals surface area contributed by atoms with E-state index in [1.54, 1.807) is 0 Å². The Balaban J connectivity index is 4.30. The summed E-state index contributed by atoms with van der Waals surface area (Å²) in [6.45, 7) is 4.38. The number of carbonyl (C=O) groups is 2. The van der Waals surface area contributed by atoms with Gasteiger partial charge in [-0.15, -0.1) is 0 Å². The summed E-state index contributed by atoms with van der Waals surface area (Å²) < 4.78 is 34.3. The molecule has 0 amide bonds. The summed E-state index contributed by atoms with van der Waals surface area (Å²) in [7, 11) is 1.45. The van der Waals surface area contributed by atoms with Gasteiger partial charge in [0.25, 0.3) is 0 Å². The van der Waals surface area contributed by atoms with E-state index < -0.39 is 26.5 Å². The summed E-state index contributed by atoms with van der Waals surface area (Å²) in [6.07, 6.45) is 50.7. The van der Waals surface area contributed by atoms with Crippen LogP contribution in [0.3, 0.4) is 0 Å². The van der Waals surface area contributed by atoms with Crippen LogP contribution in [-0.4, -0.2) is 74.9 Å². The van der Waals surface area contributed by atoms with Crippen molar-refractivity contribution in [3.63, 3.8) is 0 Å². The van der Waals surface area contributed by atoms with Crippen LogP contribution in [0.15, 0.2) is 36.5 Å². The maximum absolute atomic E-state index is 12.7. The Hall–Kier alpha value is -1.77. The molecule has 0 radical (unpaired) electrons. The molecular weight excluding hydrogens is 786 g/mol. The van der Waals surface area contributed by atoms with Crippen LogP contribution in [0.4, 0.5) is 0 Å². The maximum atomic E-state index is 12.7. The predicted molar refractivity (Wildman–Crippen MR) is 257 cm³/mol. The number of allylic oxidation sites excluding steroid dienone is 6. The third-order valence-corrected chi connectivity index (χ3v) is 11.9. The van der Waals surface area contributed by atoms with Gasteiger partial charge < -0.3 is 18.9 Å². The van der Waals surface area contributed by atoms with Gasteiger partial charge in [-0.25, -0.2) is 4.57 Å². The summed E-state index contributed by atoms with van der Waals surface area (Å²) in [5.74, 6) is -0.853. The quantitative estimate of drug-likeness (QED) is 0.0212. The number of phosphoric ester groups is 1. The molecule has 0 aromatic rings. The molecule has 0 aliphatic rings. The van der Waals surface area contributed by atoms with Crippen LogP contribution >= 0.6 is 7.82 Å². The van der Waals surface area contributed by atoms with Gasteiger partial charge in [0.05, 0.1) is 27.7 Å². The Kier molecular flexibility index (Phi) is 42.2. The Morgan fingerprint density at radius 2 is 0.869 bits per heavy atom. The van der Waals surface area contributed by atoms with Crippen molar-refractivity contribution in [3.8, 4) is 0 Å². The van der Waals surface area contributed by atoms with Crippen LogP contribution in [0.5, 0.6) is 0 Å². The van der Waals surface area contributed by atoms with Gasteiger partial charge in [-0.3, -0.25) is 18.6 Å². The summed E-state index contributed by atoms with van der Waals surface area (Å²) >= 11 is 0. The molecule has 0 aliphatic carbocycles. The highest BCUT2D eigenvalue weighted by molar-refractivity contribution is 7.47. The predicted octanol–water partition coefficient (Wildman–Crippen LogP) is 14.9. The third kappa shape index (κ3) is 47.5. The van der Waals surface area contributed by atoms with E-state index in [2.05, 4.69) is 50.3 Å². The lowest BCUT2D eigenvalue weighted by atomic mass is 10.0. The van der Waals surface area contributed by atoms with Crippen LogP contribution < -0.4 is 0 Å². The zero-order chi connectivity index (χ0) is 45.0. The number of phosphoric acid groups is 1. The number of quaternary nitrogens is 1. The molecule has 10 heteroatoms. The molecule has 1 unspecified atom stereocenters. The van der Waals surface area contributed by atoms with Crippen molar-refractivity contribution in [2.24, 2.45) is 0 Å². The van der Waals surface area contributed by atoms with Gasteiger partial charge in [0.2, 0.25) is 0 Å². The van der Waals surface area contributed by atoms with Crippen molar-refractivity contribution in [2.75, 3.05) is 47.5 Å². The number of esters is 2. The third-order valence-electron chi connectivity index (χ3n) is 10.9. The topological polar surface area (TPSA) is 108 Å². The second kappa shape index (κ2) is 43.5. The van der Waals surface area contributed by atoms with Gasteiger partial charge in [0.15, 0.2) is 6.10 Å². The second-order valence-electron chi connectivity index (χ2n) is 18.2. The fourth-order valence-corrected chi connectivity index (χ4v) is 7.65. The van der Waals surface area contributed by atoms with Gasteiger partial charge in [-0.2, -0.15) is 0 Å². The molecule has 2 atom stereocenters. The van der Waals surface area contributed by atoms with Crippen molar-refractivity contribution in [1.82, 2.24) is 0 Å². The van der Waals surface area contributed by atoms with Crippen molar-refractivity contribution in [3.05, 3.63) is 36.5 Å². The van der Waals surface area contributed by atoms with E-state index in [1.165, 1.54) is 128 Å². The minimum atomic E-state index is -4.39. The number of rotatable bonds is 46. The molecule has 0 aromatic heterocycles. The molecule has 9 nitrogen and oxygen atoms in total. The Morgan fingerprint density at radius 3 is 1.31 bits per heavy atom. The lowest BCUT2D eigenvalue weighted by Crippen LogP contribution is -2.37. The number of nitrogens with zero attached hydrogens (tertiary/aromatic N) is 1. The molecule has 0 saturated heterocycles. The fourth-order valence-electron chi connectivity index (χ4n) is 6.91. The summed E-state index contributed by atoms with van der Waals surface area (Å²) in [6, 6.07) is 0. The zero-order valence-corrected chi connectivity index (χ0v) is 41.3. The molecule has 0 spiro atoms. The zero-order valence-electron chi connectivity index (χ0n) is 40.4. The van der Waals surface area contributed by atoms with Gasteiger partial charge in [-0.1, -0.05) is 179 Å². The molecule has 358 valence electrons. The highest BCUT2D eigenvalue weighted by atomic mass is 31.2. The molecule has 0 heterocycles. The molecule has 0 bridgehead atoms. The van der Waals surface area contributed by atoms with E-state index >= 15 is 0 Å². The molecule has 61 heavy (non-hydrogen) atoms. The summed E-state index contributed by atoms with van der Waals surface area (Å²) in [5, 5.41) is 0. The molecule has 0 rings (SSSR count). The van der Waals surface area contributed by atoms with Gasteiger partial charge >= 0.3 is 19.8 Å². The standard InChI is InChI=1S/C51H96NO8P/c1-6-8-10-12-14-16-18-20-22-23-24-25-26-27-28-29-30-32-34-36-38-40-42-44-51(54)60-49(48-59-61(55,56)58-46-45-52(3,4)5)47-57-50(53)43-41-39-37-35-33-31-21-19-17-15-13-11-9-7-2/h19,21,29-30,36,38,49H,6-18,20,22-28,31-35,37,39-48H2,1-5H3/p+1/b21-19+,30-29+,38-36+/t49-/m1/s1. The second-order valence-corrected chi connectivity index (χ2v) is 19.6. The molecule has 0 saturated carbocycles. The first kappa shape index (κ1) is 59.2. The van der Waals surface area contributed by atoms with E-state index in [4.69, 9.17) is 18.5 Å². The van der Waals surface area contributed by atoms with E-state index in [1.807, 2.05) is 21.1 Å².